The van der Waals surface area contributed by atoms with Gasteiger partial charge in [0.2, 0.25) is 0 Å². The van der Waals surface area contributed by atoms with Crippen LogP contribution in [0.4, 0.5) is 0 Å². The molecule has 2 aromatic carbocycles. The first-order chi connectivity index (χ1) is 11.2. The molecule has 4 rings (SSSR count). The Morgan fingerprint density at radius 2 is 1.96 bits per heavy atom. The third kappa shape index (κ3) is 2.82. The predicted molar refractivity (Wildman–Crippen MR) is 88.0 cm³/mol. The zero-order valence-electron chi connectivity index (χ0n) is 11.8. The van der Waals surface area contributed by atoms with Crippen LogP contribution in [0.5, 0.6) is 11.5 Å². The number of nitrogens with zero attached hydrogens (tertiary/aromatic N) is 3. The van der Waals surface area contributed by atoms with Gasteiger partial charge in [0, 0.05) is 15.1 Å². The average molecular weight is 397 g/mol. The summed E-state index contributed by atoms with van der Waals surface area (Å²) in [5.74, 6) is 1.44. The number of halogens is 2. The SMILES string of the molecule is Clc1ccc2nnn(OCc3cc4c(cc3Br)OCCO4)c2c1. The maximum Gasteiger partial charge on any atom is 0.162 e. The van der Waals surface area contributed by atoms with Crippen molar-refractivity contribution in [1.29, 1.82) is 0 Å². The van der Waals surface area contributed by atoms with E-state index in [4.69, 9.17) is 25.9 Å². The van der Waals surface area contributed by atoms with E-state index in [1.807, 2.05) is 12.1 Å². The van der Waals surface area contributed by atoms with E-state index < -0.39 is 0 Å². The van der Waals surface area contributed by atoms with Gasteiger partial charge in [-0.1, -0.05) is 32.4 Å². The lowest BCUT2D eigenvalue weighted by Crippen LogP contribution is -2.17. The third-order valence-corrected chi connectivity index (χ3v) is 4.40. The maximum atomic E-state index is 6.01. The summed E-state index contributed by atoms with van der Waals surface area (Å²) in [4.78, 5) is 7.10. The Balaban J connectivity index is 1.59. The highest BCUT2D eigenvalue weighted by molar-refractivity contribution is 9.10. The number of ether oxygens (including phenoxy) is 2. The van der Waals surface area contributed by atoms with Gasteiger partial charge < -0.3 is 14.3 Å². The van der Waals surface area contributed by atoms with Crippen LogP contribution >= 0.6 is 27.5 Å². The number of benzene rings is 2. The normalized spacial score (nSPS) is 13.3. The highest BCUT2D eigenvalue weighted by Gasteiger charge is 2.15. The molecule has 8 heteroatoms. The number of aromatic nitrogens is 3. The molecule has 2 heterocycles. The Morgan fingerprint density at radius 1 is 1.17 bits per heavy atom. The molecule has 0 spiro atoms. The lowest BCUT2D eigenvalue weighted by molar-refractivity contribution is 0.0744. The zero-order valence-corrected chi connectivity index (χ0v) is 14.2. The Hall–Kier alpha value is -1.99. The van der Waals surface area contributed by atoms with Crippen LogP contribution in [0, 0.1) is 0 Å². The molecule has 0 N–H and O–H groups in total. The first kappa shape index (κ1) is 14.6. The molecule has 118 valence electrons. The number of hydrogen-bond acceptors (Lipinski definition) is 5. The van der Waals surface area contributed by atoms with Crippen LogP contribution in [0.25, 0.3) is 11.0 Å². The van der Waals surface area contributed by atoms with Crippen molar-refractivity contribution in [3.63, 3.8) is 0 Å². The minimum Gasteiger partial charge on any atom is -0.486 e. The van der Waals surface area contributed by atoms with Gasteiger partial charge in [-0.15, -0.1) is 5.10 Å². The van der Waals surface area contributed by atoms with Crippen molar-refractivity contribution in [2.75, 3.05) is 13.2 Å². The number of hydrogen-bond donors (Lipinski definition) is 0. The van der Waals surface area contributed by atoms with E-state index in [0.717, 1.165) is 21.3 Å². The van der Waals surface area contributed by atoms with E-state index >= 15 is 0 Å². The van der Waals surface area contributed by atoms with Crippen molar-refractivity contribution >= 4 is 38.6 Å². The van der Waals surface area contributed by atoms with E-state index in [0.29, 0.717) is 36.1 Å². The summed E-state index contributed by atoms with van der Waals surface area (Å²) in [5, 5.41) is 8.62. The third-order valence-electron chi connectivity index (χ3n) is 3.43. The highest BCUT2D eigenvalue weighted by atomic mass is 79.9. The summed E-state index contributed by atoms with van der Waals surface area (Å²) < 4.78 is 12.0. The lowest BCUT2D eigenvalue weighted by atomic mass is 10.2. The minimum atomic E-state index is 0.294. The molecule has 0 bridgehead atoms. The van der Waals surface area contributed by atoms with Crippen molar-refractivity contribution in [2.45, 2.75) is 6.61 Å². The predicted octanol–water partition coefficient (Wildman–Crippen LogP) is 3.25. The molecule has 1 aliphatic rings. The van der Waals surface area contributed by atoms with Gasteiger partial charge in [-0.05, 0) is 35.5 Å². The van der Waals surface area contributed by atoms with Gasteiger partial charge in [0.1, 0.15) is 30.9 Å². The lowest BCUT2D eigenvalue weighted by Gasteiger charge is -2.19. The van der Waals surface area contributed by atoms with Crippen LogP contribution in [0.15, 0.2) is 34.8 Å². The van der Waals surface area contributed by atoms with Crippen molar-refractivity contribution in [3.8, 4) is 11.5 Å². The van der Waals surface area contributed by atoms with Crippen LogP contribution in [-0.2, 0) is 6.61 Å². The van der Waals surface area contributed by atoms with E-state index in [1.165, 1.54) is 4.85 Å². The second-order valence-corrected chi connectivity index (χ2v) is 6.25. The van der Waals surface area contributed by atoms with Crippen molar-refractivity contribution < 1.29 is 14.3 Å². The summed E-state index contributed by atoms with van der Waals surface area (Å²) in [5.41, 5.74) is 2.35. The Morgan fingerprint density at radius 3 is 2.78 bits per heavy atom. The van der Waals surface area contributed by atoms with E-state index in [2.05, 4.69) is 26.2 Å². The second kappa shape index (κ2) is 5.90. The summed E-state index contributed by atoms with van der Waals surface area (Å²) in [6.07, 6.45) is 0. The molecule has 1 aliphatic heterocycles. The first-order valence-electron chi connectivity index (χ1n) is 6.93. The van der Waals surface area contributed by atoms with Crippen LogP contribution in [-0.4, -0.2) is 28.4 Å². The Kier molecular flexibility index (Phi) is 3.74. The van der Waals surface area contributed by atoms with E-state index in [9.17, 15) is 0 Å². The van der Waals surface area contributed by atoms with Crippen LogP contribution in [0.3, 0.4) is 0 Å². The van der Waals surface area contributed by atoms with Gasteiger partial charge in [-0.25, -0.2) is 0 Å². The van der Waals surface area contributed by atoms with Gasteiger partial charge in [-0.2, -0.15) is 0 Å². The molecule has 1 aromatic heterocycles. The van der Waals surface area contributed by atoms with Gasteiger partial charge in [0.15, 0.2) is 11.5 Å². The van der Waals surface area contributed by atoms with Gasteiger partial charge in [-0.3, -0.25) is 0 Å². The standard InChI is InChI=1S/C15H11BrClN3O3/c16-11-7-15-14(21-3-4-22-15)5-9(11)8-23-20-13-6-10(17)1-2-12(13)18-19-20/h1-2,5-7H,3-4,8H2. The van der Waals surface area contributed by atoms with E-state index in [1.54, 1.807) is 18.2 Å². The highest BCUT2D eigenvalue weighted by Crippen LogP contribution is 2.35. The molecule has 0 saturated carbocycles. The second-order valence-electron chi connectivity index (χ2n) is 4.96. The molecule has 0 saturated heterocycles. The Labute approximate surface area is 145 Å². The topological polar surface area (TPSA) is 58.4 Å². The fourth-order valence-electron chi connectivity index (χ4n) is 2.31. The molecule has 23 heavy (non-hydrogen) atoms. The molecule has 3 aromatic rings. The minimum absolute atomic E-state index is 0.294. The maximum absolute atomic E-state index is 6.01. The summed E-state index contributed by atoms with van der Waals surface area (Å²) in [6, 6.07) is 9.09. The molecule has 0 unspecified atom stereocenters. The quantitative estimate of drug-likeness (QED) is 0.680. The summed E-state index contributed by atoms with van der Waals surface area (Å²) in [7, 11) is 0. The summed E-state index contributed by atoms with van der Waals surface area (Å²) >= 11 is 9.53. The van der Waals surface area contributed by atoms with Crippen molar-refractivity contribution in [1.82, 2.24) is 15.2 Å². The Bertz CT molecular complexity index is 884. The van der Waals surface area contributed by atoms with Crippen molar-refractivity contribution in [3.05, 3.63) is 45.4 Å². The molecular weight excluding hydrogens is 386 g/mol. The molecule has 0 fully saturated rings. The van der Waals surface area contributed by atoms with Crippen molar-refractivity contribution in [2.24, 2.45) is 0 Å². The molecule has 0 aliphatic carbocycles. The van der Waals surface area contributed by atoms with Gasteiger partial charge in [0.05, 0.1) is 0 Å². The zero-order chi connectivity index (χ0) is 15.8. The average Bonchev–Trinajstić information content (AvgIpc) is 2.95. The number of fused-ring (bicyclic) bond motifs is 2. The van der Waals surface area contributed by atoms with Gasteiger partial charge in [0.25, 0.3) is 0 Å². The van der Waals surface area contributed by atoms with Gasteiger partial charge >= 0.3 is 0 Å². The molecule has 6 nitrogen and oxygen atoms in total. The number of rotatable bonds is 3. The fraction of sp³-hybridized carbons (Fsp3) is 0.200. The summed E-state index contributed by atoms with van der Waals surface area (Å²) in [6.45, 7) is 1.39. The monoisotopic (exact) mass is 395 g/mol. The first-order valence-corrected chi connectivity index (χ1v) is 8.10. The van der Waals surface area contributed by atoms with Crippen LogP contribution < -0.4 is 14.3 Å². The fourth-order valence-corrected chi connectivity index (χ4v) is 2.92. The molecule has 0 amide bonds. The van der Waals surface area contributed by atoms with E-state index in [-0.39, 0.29) is 0 Å². The largest absolute Gasteiger partial charge is 0.486 e. The molecular formula is C15H11BrClN3O3. The smallest absolute Gasteiger partial charge is 0.162 e. The van der Waals surface area contributed by atoms with Crippen LogP contribution in [0.1, 0.15) is 5.56 Å². The van der Waals surface area contributed by atoms with Crippen LogP contribution in [0.2, 0.25) is 5.02 Å². The molecule has 0 atom stereocenters. The molecule has 0 radical (unpaired) electrons.